The number of likely N-dealkylation sites (N-methyl/N-ethyl adjacent to an activating group) is 1. The van der Waals surface area contributed by atoms with Gasteiger partial charge in [-0.05, 0) is 42.7 Å². The molecule has 2 aromatic rings. The van der Waals surface area contributed by atoms with E-state index in [-0.39, 0.29) is 0 Å². The van der Waals surface area contributed by atoms with E-state index in [0.29, 0.717) is 35.1 Å². The largest absolute Gasteiger partial charge is 0.493 e. The molecule has 0 heterocycles. The van der Waals surface area contributed by atoms with Crippen LogP contribution in [0.3, 0.4) is 0 Å². The van der Waals surface area contributed by atoms with Gasteiger partial charge in [0, 0.05) is 13.6 Å². The molecule has 26 heavy (non-hydrogen) atoms. The predicted molar refractivity (Wildman–Crippen MR) is 101 cm³/mol. The molecule has 0 fully saturated rings. The predicted octanol–water partition coefficient (Wildman–Crippen LogP) is 2.88. The molecule has 2 rings (SSSR count). The quantitative estimate of drug-likeness (QED) is 0.706. The monoisotopic (exact) mass is 379 g/mol. The van der Waals surface area contributed by atoms with E-state index in [1.165, 1.54) is 4.31 Å². The van der Waals surface area contributed by atoms with Crippen molar-refractivity contribution in [2.45, 2.75) is 18.2 Å². The van der Waals surface area contributed by atoms with Gasteiger partial charge < -0.3 is 14.2 Å². The number of hydrogen-bond acceptors (Lipinski definition) is 5. The molecule has 0 aliphatic heterocycles. The molecule has 0 aliphatic carbocycles. The van der Waals surface area contributed by atoms with E-state index in [1.807, 2.05) is 18.2 Å². The van der Waals surface area contributed by atoms with Crippen LogP contribution in [0.4, 0.5) is 0 Å². The van der Waals surface area contributed by atoms with Gasteiger partial charge in [-0.15, -0.1) is 0 Å². The Bertz CT molecular complexity index is 839. The minimum absolute atomic E-state index is 0.326. The molecule has 0 N–H and O–H groups in total. The third-order valence-corrected chi connectivity index (χ3v) is 6.24. The summed E-state index contributed by atoms with van der Waals surface area (Å²) in [6, 6.07) is 10.6. The van der Waals surface area contributed by atoms with Crippen molar-refractivity contribution < 1.29 is 22.6 Å². The van der Waals surface area contributed by atoms with Gasteiger partial charge in [-0.1, -0.05) is 18.2 Å². The molecule has 0 amide bonds. The Kier molecular flexibility index (Phi) is 6.50. The lowest BCUT2D eigenvalue weighted by atomic mass is 10.1. The lowest BCUT2D eigenvalue weighted by Gasteiger charge is -2.19. The Hall–Kier alpha value is -2.25. The maximum absolute atomic E-state index is 12.8. The zero-order valence-electron chi connectivity index (χ0n) is 15.8. The van der Waals surface area contributed by atoms with Crippen LogP contribution in [-0.4, -0.2) is 47.6 Å². The van der Waals surface area contributed by atoms with Gasteiger partial charge in [0.2, 0.25) is 15.8 Å². The summed E-state index contributed by atoms with van der Waals surface area (Å²) in [5.74, 6) is 1.61. The van der Waals surface area contributed by atoms with Crippen LogP contribution in [0.5, 0.6) is 17.2 Å². The molecule has 6 nitrogen and oxygen atoms in total. The number of hydrogen-bond donors (Lipinski definition) is 0. The second-order valence-corrected chi connectivity index (χ2v) is 7.89. The summed E-state index contributed by atoms with van der Waals surface area (Å²) < 4.78 is 42.9. The van der Waals surface area contributed by atoms with Crippen LogP contribution in [0.15, 0.2) is 41.3 Å². The Morgan fingerprint density at radius 2 is 1.54 bits per heavy atom. The van der Waals surface area contributed by atoms with Gasteiger partial charge in [-0.2, -0.15) is 0 Å². The SMILES string of the molecule is COc1cc(CCN(C)S(=O)(=O)c2ccccc2C)cc(OC)c1OC. The third kappa shape index (κ3) is 4.11. The topological polar surface area (TPSA) is 65.1 Å². The summed E-state index contributed by atoms with van der Waals surface area (Å²) in [7, 11) is 2.69. The summed E-state index contributed by atoms with van der Waals surface area (Å²) in [5, 5.41) is 0. The van der Waals surface area contributed by atoms with Crippen molar-refractivity contribution in [2.75, 3.05) is 34.9 Å². The lowest BCUT2D eigenvalue weighted by Crippen LogP contribution is -2.29. The zero-order valence-corrected chi connectivity index (χ0v) is 16.6. The van der Waals surface area contributed by atoms with E-state index in [0.717, 1.165) is 11.1 Å². The van der Waals surface area contributed by atoms with Crippen LogP contribution in [-0.2, 0) is 16.4 Å². The van der Waals surface area contributed by atoms with Crippen molar-refractivity contribution in [3.63, 3.8) is 0 Å². The highest BCUT2D eigenvalue weighted by Gasteiger charge is 2.22. The minimum atomic E-state index is -3.54. The van der Waals surface area contributed by atoms with E-state index < -0.39 is 10.0 Å². The van der Waals surface area contributed by atoms with Crippen molar-refractivity contribution >= 4 is 10.0 Å². The molecule has 2 aromatic carbocycles. The van der Waals surface area contributed by atoms with Gasteiger partial charge in [-0.25, -0.2) is 12.7 Å². The zero-order chi connectivity index (χ0) is 19.3. The summed E-state index contributed by atoms with van der Waals surface area (Å²) in [6.07, 6.45) is 0.512. The number of rotatable bonds is 8. The first kappa shape index (κ1) is 20.1. The van der Waals surface area contributed by atoms with Gasteiger partial charge in [0.15, 0.2) is 11.5 Å². The fraction of sp³-hybridized carbons (Fsp3) is 0.368. The number of methoxy groups -OCH3 is 3. The van der Waals surface area contributed by atoms with E-state index >= 15 is 0 Å². The number of sulfonamides is 1. The average molecular weight is 379 g/mol. The summed E-state index contributed by atoms with van der Waals surface area (Å²) in [6.45, 7) is 2.12. The molecule has 0 aliphatic rings. The van der Waals surface area contributed by atoms with Gasteiger partial charge in [0.25, 0.3) is 0 Å². The van der Waals surface area contributed by atoms with Crippen LogP contribution < -0.4 is 14.2 Å². The second kappa shape index (κ2) is 8.42. The van der Waals surface area contributed by atoms with E-state index in [9.17, 15) is 8.42 Å². The van der Waals surface area contributed by atoms with Gasteiger partial charge in [0.1, 0.15) is 0 Å². The first-order chi connectivity index (χ1) is 12.3. The highest BCUT2D eigenvalue weighted by atomic mass is 32.2. The molecule has 7 heteroatoms. The van der Waals surface area contributed by atoms with E-state index in [1.54, 1.807) is 53.5 Å². The number of aryl methyl sites for hydroxylation is 1. The maximum atomic E-state index is 12.8. The normalized spacial score (nSPS) is 11.5. The van der Waals surface area contributed by atoms with Gasteiger partial charge in [-0.3, -0.25) is 0 Å². The van der Waals surface area contributed by atoms with Gasteiger partial charge in [0.05, 0.1) is 26.2 Å². The Morgan fingerprint density at radius 3 is 2.04 bits per heavy atom. The van der Waals surface area contributed by atoms with Crippen molar-refractivity contribution in [3.8, 4) is 17.2 Å². The van der Waals surface area contributed by atoms with E-state index in [2.05, 4.69) is 0 Å². The second-order valence-electron chi connectivity index (χ2n) is 5.88. The highest BCUT2D eigenvalue weighted by molar-refractivity contribution is 7.89. The molecule has 0 saturated heterocycles. The number of nitrogens with zero attached hydrogens (tertiary/aromatic N) is 1. The third-order valence-electron chi connectivity index (χ3n) is 4.22. The average Bonchev–Trinajstić information content (AvgIpc) is 2.65. The molecular weight excluding hydrogens is 354 g/mol. The van der Waals surface area contributed by atoms with Crippen LogP contribution in [0.2, 0.25) is 0 Å². The molecule has 142 valence electrons. The fourth-order valence-electron chi connectivity index (χ4n) is 2.70. The molecular formula is C19H25NO5S. The fourth-order valence-corrected chi connectivity index (χ4v) is 4.09. The maximum Gasteiger partial charge on any atom is 0.243 e. The molecule has 0 aromatic heterocycles. The summed E-state index contributed by atoms with van der Waals surface area (Å²) in [4.78, 5) is 0.326. The van der Waals surface area contributed by atoms with Crippen molar-refractivity contribution in [2.24, 2.45) is 0 Å². The molecule has 0 saturated carbocycles. The van der Waals surface area contributed by atoms with Crippen LogP contribution in [0.1, 0.15) is 11.1 Å². The standard InChI is InChI=1S/C19H25NO5S/c1-14-8-6-7-9-18(14)26(21,22)20(2)11-10-15-12-16(23-3)19(25-5)17(13-15)24-4/h6-9,12-13H,10-11H2,1-5H3. The molecule has 0 spiro atoms. The van der Waals surface area contributed by atoms with Crippen molar-refractivity contribution in [3.05, 3.63) is 47.5 Å². The Labute approximate surface area is 155 Å². The van der Waals surface area contributed by atoms with Crippen LogP contribution in [0.25, 0.3) is 0 Å². The highest BCUT2D eigenvalue weighted by Crippen LogP contribution is 2.38. The van der Waals surface area contributed by atoms with Crippen LogP contribution >= 0.6 is 0 Å². The first-order valence-electron chi connectivity index (χ1n) is 8.16. The molecule has 0 radical (unpaired) electrons. The van der Waals surface area contributed by atoms with Crippen molar-refractivity contribution in [1.29, 1.82) is 0 Å². The Balaban J connectivity index is 2.22. The minimum Gasteiger partial charge on any atom is -0.493 e. The number of ether oxygens (including phenoxy) is 3. The van der Waals surface area contributed by atoms with E-state index in [4.69, 9.17) is 14.2 Å². The Morgan fingerprint density at radius 1 is 0.962 bits per heavy atom. The number of benzene rings is 2. The summed E-state index contributed by atoms with van der Waals surface area (Å²) in [5.41, 5.74) is 1.62. The molecule has 0 bridgehead atoms. The molecule has 0 atom stereocenters. The molecule has 0 unspecified atom stereocenters. The first-order valence-corrected chi connectivity index (χ1v) is 9.60. The van der Waals surface area contributed by atoms with Crippen molar-refractivity contribution in [1.82, 2.24) is 4.31 Å². The summed E-state index contributed by atoms with van der Waals surface area (Å²) >= 11 is 0. The van der Waals surface area contributed by atoms with Gasteiger partial charge >= 0.3 is 0 Å². The van der Waals surface area contributed by atoms with Crippen LogP contribution in [0, 0.1) is 6.92 Å². The smallest absolute Gasteiger partial charge is 0.243 e. The lowest BCUT2D eigenvalue weighted by molar-refractivity contribution is 0.323.